The van der Waals surface area contributed by atoms with Gasteiger partial charge in [0.1, 0.15) is 17.6 Å². The molecule has 1 N–H and O–H groups in total. The van der Waals surface area contributed by atoms with Gasteiger partial charge in [-0.25, -0.2) is 0 Å². The van der Waals surface area contributed by atoms with Crippen LogP contribution in [0.4, 0.5) is 0 Å². The molecule has 0 aliphatic rings. The lowest BCUT2D eigenvalue weighted by molar-refractivity contribution is 0.125. The summed E-state index contributed by atoms with van der Waals surface area (Å²) in [7, 11) is 0. The fourth-order valence-electron chi connectivity index (χ4n) is 12.6. The molecule has 2 aromatic rings. The zero-order valence-electron chi connectivity index (χ0n) is 57.9. The largest absolute Gasteiger partial charge is 0.494 e. The van der Waals surface area contributed by atoms with Crippen molar-refractivity contribution in [1.82, 2.24) is 0 Å². The standard InChI is InChI=1S/C81H148O5/c1-3-5-7-9-11-13-15-17-19-21-23-25-27-29-31-33-39-45-51-57-71-83-73-59-53-47-41-35-37-43-49-55-61-75-85-79-67-63-77(64-68-79)81(82)78-65-69-80(70-66-78)86-76-62-56-50-44-38-36-42-48-54-60-74-84-72-58-52-46-40-34-32-30-28-26-24-22-20-18-16-14-12-10-8-6-4-2/h63-70,81-82H,3-62,71-76H2,1-2H3. The van der Waals surface area contributed by atoms with Crippen molar-refractivity contribution in [3.05, 3.63) is 59.7 Å². The molecule has 0 spiro atoms. The van der Waals surface area contributed by atoms with Crippen molar-refractivity contribution in [2.45, 2.75) is 405 Å². The van der Waals surface area contributed by atoms with Gasteiger partial charge in [-0.2, -0.15) is 0 Å². The van der Waals surface area contributed by atoms with E-state index < -0.39 is 6.10 Å². The van der Waals surface area contributed by atoms with Crippen LogP contribution in [0.2, 0.25) is 0 Å². The summed E-state index contributed by atoms with van der Waals surface area (Å²) in [4.78, 5) is 0. The molecule has 0 bridgehead atoms. The summed E-state index contributed by atoms with van der Waals surface area (Å²) in [6.45, 7) is 9.95. The molecular formula is C81H148O5. The van der Waals surface area contributed by atoms with Crippen molar-refractivity contribution in [2.75, 3.05) is 39.6 Å². The lowest BCUT2D eigenvalue weighted by Gasteiger charge is -2.14. The van der Waals surface area contributed by atoms with Crippen LogP contribution in [0.5, 0.6) is 11.5 Å². The first-order valence-corrected chi connectivity index (χ1v) is 39.0. The second-order valence-electron chi connectivity index (χ2n) is 27.0. The van der Waals surface area contributed by atoms with Crippen molar-refractivity contribution in [3.63, 3.8) is 0 Å². The number of benzene rings is 2. The van der Waals surface area contributed by atoms with Gasteiger partial charge in [0.15, 0.2) is 0 Å². The highest BCUT2D eigenvalue weighted by Crippen LogP contribution is 2.27. The van der Waals surface area contributed by atoms with Gasteiger partial charge in [0.2, 0.25) is 0 Å². The minimum Gasteiger partial charge on any atom is -0.494 e. The van der Waals surface area contributed by atoms with E-state index in [1.54, 1.807) is 0 Å². The van der Waals surface area contributed by atoms with E-state index in [4.69, 9.17) is 18.9 Å². The average Bonchev–Trinajstić information content (AvgIpc) is 3.73. The minimum atomic E-state index is -0.665. The first kappa shape index (κ1) is 80.0. The van der Waals surface area contributed by atoms with Gasteiger partial charge >= 0.3 is 0 Å². The van der Waals surface area contributed by atoms with Gasteiger partial charge in [-0.05, 0) is 73.9 Å². The molecule has 0 amide bonds. The highest BCUT2D eigenvalue weighted by Gasteiger charge is 2.11. The van der Waals surface area contributed by atoms with Crippen molar-refractivity contribution >= 4 is 0 Å². The monoisotopic (exact) mass is 1200 g/mol. The molecule has 0 saturated heterocycles. The van der Waals surface area contributed by atoms with Gasteiger partial charge in [-0.3, -0.25) is 0 Å². The van der Waals surface area contributed by atoms with Gasteiger partial charge in [-0.15, -0.1) is 0 Å². The molecule has 0 atom stereocenters. The molecule has 5 nitrogen and oxygen atoms in total. The molecule has 0 fully saturated rings. The van der Waals surface area contributed by atoms with E-state index in [0.29, 0.717) is 0 Å². The van der Waals surface area contributed by atoms with Crippen LogP contribution in [0.3, 0.4) is 0 Å². The highest BCUT2D eigenvalue weighted by molar-refractivity contribution is 5.36. The molecule has 2 rings (SSSR count). The van der Waals surface area contributed by atoms with E-state index in [1.807, 2.05) is 48.5 Å². The predicted molar refractivity (Wildman–Crippen MR) is 378 cm³/mol. The second kappa shape index (κ2) is 67.3. The van der Waals surface area contributed by atoms with Crippen LogP contribution in [0.15, 0.2) is 48.5 Å². The van der Waals surface area contributed by atoms with Gasteiger partial charge in [0.25, 0.3) is 0 Å². The number of aliphatic hydroxyl groups is 1. The number of aliphatic hydroxyl groups excluding tert-OH is 1. The molecular weight excluding hydrogens is 1050 g/mol. The Kier molecular flexibility index (Phi) is 62.6. The summed E-state index contributed by atoms with van der Waals surface area (Å²) in [5.41, 5.74) is 1.76. The van der Waals surface area contributed by atoms with E-state index in [-0.39, 0.29) is 0 Å². The zero-order valence-corrected chi connectivity index (χ0v) is 57.9. The van der Waals surface area contributed by atoms with Gasteiger partial charge < -0.3 is 24.1 Å². The summed E-state index contributed by atoms with van der Waals surface area (Å²) >= 11 is 0. The molecule has 86 heavy (non-hydrogen) atoms. The average molecular weight is 1200 g/mol. The van der Waals surface area contributed by atoms with Crippen molar-refractivity contribution in [1.29, 1.82) is 0 Å². The second-order valence-corrected chi connectivity index (χ2v) is 27.0. The Bertz CT molecular complexity index is 1440. The molecule has 2 aromatic carbocycles. The summed E-state index contributed by atoms with van der Waals surface area (Å²) in [6.07, 6.45) is 82.5. The molecule has 0 radical (unpaired) electrons. The van der Waals surface area contributed by atoms with Crippen molar-refractivity contribution < 1.29 is 24.1 Å². The Morgan fingerprint density at radius 3 is 0.535 bits per heavy atom. The SMILES string of the molecule is CCCCCCCCCCCCCCCCCCCCCCOCCCCCCCCCCCCOc1ccc(C(O)c2ccc(OCCCCCCCCCCCCOCCCCCCCCCCCCCCCCCCCCCC)cc2)cc1. The Morgan fingerprint density at radius 2 is 0.360 bits per heavy atom. The number of unbranched alkanes of at least 4 members (excludes halogenated alkanes) is 56. The normalized spacial score (nSPS) is 11.7. The molecule has 5 heteroatoms. The molecule has 0 heterocycles. The van der Waals surface area contributed by atoms with Crippen LogP contribution < -0.4 is 9.47 Å². The van der Waals surface area contributed by atoms with Crippen LogP contribution in [0.25, 0.3) is 0 Å². The highest BCUT2D eigenvalue weighted by atomic mass is 16.5. The number of rotatable bonds is 72. The smallest absolute Gasteiger partial charge is 0.119 e. The first-order valence-electron chi connectivity index (χ1n) is 39.0. The summed E-state index contributed by atoms with van der Waals surface area (Å²) in [5, 5.41) is 11.1. The summed E-state index contributed by atoms with van der Waals surface area (Å²) in [6, 6.07) is 15.9. The molecule has 0 aliphatic carbocycles. The number of ether oxygens (including phenoxy) is 4. The Labute approximate surface area is 537 Å². The maximum absolute atomic E-state index is 11.1. The number of hydrogen-bond donors (Lipinski definition) is 1. The van der Waals surface area contributed by atoms with Crippen LogP contribution in [-0.2, 0) is 9.47 Å². The number of hydrogen-bond acceptors (Lipinski definition) is 5. The zero-order chi connectivity index (χ0) is 61.0. The third-order valence-corrected chi connectivity index (χ3v) is 18.6. The molecule has 502 valence electrons. The van der Waals surface area contributed by atoms with Gasteiger partial charge in [0, 0.05) is 26.4 Å². The van der Waals surface area contributed by atoms with E-state index in [9.17, 15) is 5.11 Å². The fraction of sp³-hybridized carbons (Fsp3) is 0.852. The Hall–Kier alpha value is -2.08. The predicted octanol–water partition coefficient (Wildman–Crippen LogP) is 27.0. The topological polar surface area (TPSA) is 57.2 Å². The Balaban J connectivity index is 1.25. The van der Waals surface area contributed by atoms with E-state index >= 15 is 0 Å². The minimum absolute atomic E-state index is 0.665. The first-order chi connectivity index (χ1) is 42.7. The van der Waals surface area contributed by atoms with Crippen LogP contribution in [0.1, 0.15) is 416 Å². The van der Waals surface area contributed by atoms with Crippen molar-refractivity contribution in [2.24, 2.45) is 0 Å². The summed E-state index contributed by atoms with van der Waals surface area (Å²) in [5.74, 6) is 1.76. The lowest BCUT2D eigenvalue weighted by atomic mass is 10.0. The molecule has 0 unspecified atom stereocenters. The molecule has 0 saturated carbocycles. The summed E-state index contributed by atoms with van der Waals surface area (Å²) < 4.78 is 24.0. The van der Waals surface area contributed by atoms with Crippen LogP contribution in [0, 0.1) is 0 Å². The third kappa shape index (κ3) is 55.9. The maximum Gasteiger partial charge on any atom is 0.119 e. The van der Waals surface area contributed by atoms with E-state index in [0.717, 1.165) is 75.1 Å². The maximum atomic E-state index is 11.1. The van der Waals surface area contributed by atoms with Crippen LogP contribution >= 0.6 is 0 Å². The van der Waals surface area contributed by atoms with Gasteiger partial charge in [-0.1, -0.05) is 385 Å². The van der Waals surface area contributed by atoms with Crippen LogP contribution in [-0.4, -0.2) is 44.7 Å². The van der Waals surface area contributed by atoms with E-state index in [2.05, 4.69) is 13.8 Å². The molecule has 0 aromatic heterocycles. The molecule has 0 aliphatic heterocycles. The third-order valence-electron chi connectivity index (χ3n) is 18.6. The Morgan fingerprint density at radius 1 is 0.209 bits per heavy atom. The quantitative estimate of drug-likeness (QED) is 0.0669. The lowest BCUT2D eigenvalue weighted by Crippen LogP contribution is -2.02. The van der Waals surface area contributed by atoms with Crippen molar-refractivity contribution in [3.8, 4) is 11.5 Å². The van der Waals surface area contributed by atoms with Gasteiger partial charge in [0.05, 0.1) is 13.2 Å². The van der Waals surface area contributed by atoms with E-state index in [1.165, 1.54) is 372 Å². The fourth-order valence-corrected chi connectivity index (χ4v) is 12.6.